The van der Waals surface area contributed by atoms with Crippen molar-refractivity contribution in [3.05, 3.63) is 144 Å². The van der Waals surface area contributed by atoms with E-state index in [1.165, 1.54) is 22.8 Å². The molecule has 0 spiro atoms. The van der Waals surface area contributed by atoms with Gasteiger partial charge >= 0.3 is 0 Å². The molecule has 3 amide bonds. The minimum Gasteiger partial charge on any atom is -0.341 e. The molecule has 0 aliphatic carbocycles. The van der Waals surface area contributed by atoms with Crippen molar-refractivity contribution in [3.63, 3.8) is 0 Å². The molecule has 5 aromatic carbocycles. The average molecular weight is 667 g/mol. The van der Waals surface area contributed by atoms with Crippen LogP contribution in [0.5, 0.6) is 0 Å². The van der Waals surface area contributed by atoms with Crippen LogP contribution in [-0.4, -0.2) is 28.0 Å². The fraction of sp³-hybridized carbons (Fsp3) is 0.146. The third kappa shape index (κ3) is 7.93. The fourth-order valence-corrected chi connectivity index (χ4v) is 6.52. The van der Waals surface area contributed by atoms with Crippen LogP contribution >= 0.6 is 11.8 Å². The van der Waals surface area contributed by atoms with Crippen LogP contribution in [0.25, 0.3) is 27.9 Å². The molecular weight excluding hydrogens is 629 g/mol. The molecule has 246 valence electrons. The Hall–Kier alpha value is -5.60. The number of anilines is 2. The molecule has 6 rings (SSSR count). The summed E-state index contributed by atoms with van der Waals surface area (Å²) in [5.74, 6) is -0.408. The summed E-state index contributed by atoms with van der Waals surface area (Å²) in [5.41, 5.74) is 6.12. The predicted octanol–water partition coefficient (Wildman–Crippen LogP) is 9.08. The van der Waals surface area contributed by atoms with Crippen LogP contribution in [0.3, 0.4) is 0 Å². The Morgan fingerprint density at radius 1 is 0.735 bits per heavy atom. The molecule has 3 N–H and O–H groups in total. The number of para-hydroxylation sites is 1. The molecule has 0 bridgehead atoms. The van der Waals surface area contributed by atoms with Crippen molar-refractivity contribution in [2.45, 2.75) is 38.1 Å². The van der Waals surface area contributed by atoms with Gasteiger partial charge in [-0.3, -0.25) is 14.4 Å². The maximum absolute atomic E-state index is 13.6. The molecule has 0 radical (unpaired) electrons. The molecule has 0 atom stereocenters. The summed E-state index contributed by atoms with van der Waals surface area (Å²) in [6.45, 7) is 7.23. The Kier molecular flexibility index (Phi) is 10.3. The van der Waals surface area contributed by atoms with E-state index in [4.69, 9.17) is 0 Å². The monoisotopic (exact) mass is 666 g/mol. The summed E-state index contributed by atoms with van der Waals surface area (Å²) >= 11 is 1.37. The van der Waals surface area contributed by atoms with E-state index in [-0.39, 0.29) is 23.3 Å². The van der Waals surface area contributed by atoms with Crippen molar-refractivity contribution in [1.82, 2.24) is 9.88 Å². The maximum atomic E-state index is 13.6. The first-order valence-corrected chi connectivity index (χ1v) is 17.3. The molecule has 49 heavy (non-hydrogen) atoms. The molecule has 0 unspecified atom stereocenters. The molecule has 0 saturated carbocycles. The van der Waals surface area contributed by atoms with Gasteiger partial charge in [-0.1, -0.05) is 80.6 Å². The van der Waals surface area contributed by atoms with Gasteiger partial charge in [-0.15, -0.1) is 11.8 Å². The largest absolute Gasteiger partial charge is 0.341 e. The molecule has 0 aliphatic rings. The Morgan fingerprint density at radius 3 is 2.20 bits per heavy atom. The van der Waals surface area contributed by atoms with E-state index in [9.17, 15) is 14.4 Å². The number of benzene rings is 5. The first-order valence-electron chi connectivity index (χ1n) is 16.3. The summed E-state index contributed by atoms with van der Waals surface area (Å²) in [4.78, 5) is 40.4. The minimum atomic E-state index is -0.461. The lowest BCUT2D eigenvalue weighted by atomic mass is 10.0. The van der Waals surface area contributed by atoms with Crippen molar-refractivity contribution in [1.29, 1.82) is 0 Å². The van der Waals surface area contributed by atoms with Crippen molar-refractivity contribution in [3.8, 4) is 0 Å². The van der Waals surface area contributed by atoms with Crippen LogP contribution in [0, 0.1) is 0 Å². The summed E-state index contributed by atoms with van der Waals surface area (Å²) in [6.07, 6.45) is 1.67. The predicted molar refractivity (Wildman–Crippen MR) is 202 cm³/mol. The number of rotatable bonds is 11. The molecule has 6 aromatic rings. The summed E-state index contributed by atoms with van der Waals surface area (Å²) in [6, 6.07) is 38.3. The summed E-state index contributed by atoms with van der Waals surface area (Å²) in [5, 5.41) is 11.0. The first-order chi connectivity index (χ1) is 23.8. The van der Waals surface area contributed by atoms with E-state index in [0.29, 0.717) is 17.2 Å². The van der Waals surface area contributed by atoms with Gasteiger partial charge < -0.3 is 20.5 Å². The van der Waals surface area contributed by atoms with Gasteiger partial charge in [0.1, 0.15) is 5.70 Å². The number of thioether (sulfide) groups is 1. The van der Waals surface area contributed by atoms with Crippen LogP contribution in [0.15, 0.2) is 132 Å². The average Bonchev–Trinajstić information content (AvgIpc) is 3.44. The van der Waals surface area contributed by atoms with E-state index in [0.717, 1.165) is 39.0 Å². The zero-order valence-corrected chi connectivity index (χ0v) is 28.5. The number of hydrogen-bond donors (Lipinski definition) is 3. The zero-order chi connectivity index (χ0) is 34.3. The molecular formula is C41H38N4O3S. The van der Waals surface area contributed by atoms with Crippen LogP contribution < -0.4 is 16.0 Å². The highest BCUT2D eigenvalue weighted by molar-refractivity contribution is 8.00. The molecule has 1 aromatic heterocycles. The van der Waals surface area contributed by atoms with Gasteiger partial charge in [-0.05, 0) is 84.6 Å². The highest BCUT2D eigenvalue weighted by Crippen LogP contribution is 2.31. The Morgan fingerprint density at radius 2 is 1.45 bits per heavy atom. The van der Waals surface area contributed by atoms with E-state index in [1.54, 1.807) is 36.4 Å². The molecule has 7 nitrogen and oxygen atoms in total. The third-order valence-electron chi connectivity index (χ3n) is 8.28. The van der Waals surface area contributed by atoms with Crippen LogP contribution in [0.2, 0.25) is 0 Å². The van der Waals surface area contributed by atoms with Gasteiger partial charge in [0.05, 0.1) is 5.75 Å². The smallest absolute Gasteiger partial charge is 0.272 e. The van der Waals surface area contributed by atoms with Crippen LogP contribution in [0.4, 0.5) is 11.4 Å². The molecule has 0 aliphatic heterocycles. The number of carbonyl (C=O) groups excluding carboxylic acids is 3. The lowest BCUT2D eigenvalue weighted by Crippen LogP contribution is -2.30. The topological polar surface area (TPSA) is 92.2 Å². The minimum absolute atomic E-state index is 0.114. The molecule has 0 saturated heterocycles. The number of aromatic nitrogens is 1. The Labute approximate surface area is 290 Å². The maximum Gasteiger partial charge on any atom is 0.272 e. The fourth-order valence-electron chi connectivity index (χ4n) is 5.77. The van der Waals surface area contributed by atoms with Crippen molar-refractivity contribution in [2.24, 2.45) is 0 Å². The number of amides is 3. The second-order valence-corrected chi connectivity index (χ2v) is 13.1. The van der Waals surface area contributed by atoms with Gasteiger partial charge in [0, 0.05) is 50.2 Å². The lowest BCUT2D eigenvalue weighted by molar-refractivity contribution is -0.114. The number of nitrogens with zero attached hydrogens (tertiary/aromatic N) is 1. The first kappa shape index (κ1) is 33.3. The number of carbonyl (C=O) groups is 3. The zero-order valence-electron chi connectivity index (χ0n) is 27.7. The molecule has 1 heterocycles. The van der Waals surface area contributed by atoms with Gasteiger partial charge in [0.25, 0.3) is 11.8 Å². The van der Waals surface area contributed by atoms with Gasteiger partial charge in [0.15, 0.2) is 0 Å². The SMILES string of the molecule is CCn1c2ccccc2c2cc(NC(=O)CSc3cccc(NC(=O)/C(=C\c4ccc(C(C)C)cc4)NC(=O)c4ccccc4)c3)ccc21. The lowest BCUT2D eigenvalue weighted by Gasteiger charge is -2.13. The van der Waals surface area contributed by atoms with Crippen LogP contribution in [0.1, 0.15) is 48.2 Å². The van der Waals surface area contributed by atoms with Crippen molar-refractivity contribution in [2.75, 3.05) is 16.4 Å². The Balaban J connectivity index is 1.13. The normalized spacial score (nSPS) is 11.6. The number of fused-ring (bicyclic) bond motifs is 3. The van der Waals surface area contributed by atoms with Gasteiger partial charge in [0.2, 0.25) is 5.91 Å². The molecule has 8 heteroatoms. The van der Waals surface area contributed by atoms with Gasteiger partial charge in [-0.2, -0.15) is 0 Å². The van der Waals surface area contributed by atoms with E-state index in [2.05, 4.69) is 59.5 Å². The second-order valence-electron chi connectivity index (χ2n) is 12.0. The number of hydrogen-bond acceptors (Lipinski definition) is 4. The van der Waals surface area contributed by atoms with Crippen molar-refractivity contribution >= 4 is 68.7 Å². The van der Waals surface area contributed by atoms with Crippen molar-refractivity contribution < 1.29 is 14.4 Å². The third-order valence-corrected chi connectivity index (χ3v) is 9.27. The van der Waals surface area contributed by atoms with Gasteiger partial charge in [-0.25, -0.2) is 0 Å². The Bertz CT molecular complexity index is 2170. The highest BCUT2D eigenvalue weighted by atomic mass is 32.2. The second kappa shape index (κ2) is 15.1. The van der Waals surface area contributed by atoms with Crippen LogP contribution in [-0.2, 0) is 16.1 Å². The summed E-state index contributed by atoms with van der Waals surface area (Å²) in [7, 11) is 0. The number of aryl methyl sites for hydroxylation is 1. The molecule has 0 fully saturated rings. The highest BCUT2D eigenvalue weighted by Gasteiger charge is 2.16. The number of nitrogens with one attached hydrogen (secondary N) is 3. The van der Waals surface area contributed by atoms with E-state index < -0.39 is 5.91 Å². The van der Waals surface area contributed by atoms with E-state index >= 15 is 0 Å². The van der Waals surface area contributed by atoms with E-state index in [1.807, 2.05) is 72.8 Å². The summed E-state index contributed by atoms with van der Waals surface area (Å²) < 4.78 is 2.28. The standard InChI is InChI=1S/C41H38N4O3S/c1-4-45-37-16-9-8-15-34(37)35-25-32(21-22-38(35)45)42-39(46)26-49-33-14-10-13-31(24-33)43-41(48)36(44-40(47)30-11-6-5-7-12-30)23-28-17-19-29(20-18-28)27(2)3/h5-25,27H,4,26H2,1-3H3,(H,42,46)(H,43,48)(H,44,47)/b36-23+. The quantitative estimate of drug-likeness (QED) is 0.0950.